The third-order valence-electron chi connectivity index (χ3n) is 3.00. The van der Waals surface area contributed by atoms with Crippen molar-refractivity contribution in [2.24, 2.45) is 5.84 Å². The maximum Gasteiger partial charge on any atom is 0.163 e. The van der Waals surface area contributed by atoms with Crippen molar-refractivity contribution < 1.29 is 8.78 Å². The van der Waals surface area contributed by atoms with Crippen molar-refractivity contribution in [3.05, 3.63) is 69.2 Å². The van der Waals surface area contributed by atoms with Crippen molar-refractivity contribution in [1.82, 2.24) is 5.43 Å². The third-order valence-corrected chi connectivity index (χ3v) is 3.58. The van der Waals surface area contributed by atoms with E-state index in [1.54, 1.807) is 18.2 Å². The summed E-state index contributed by atoms with van der Waals surface area (Å²) in [6.45, 7) is 0. The first-order chi connectivity index (χ1) is 9.52. The average molecular weight is 317 g/mol. The fraction of sp³-hybridized carbons (Fsp3) is 0.143. The molecule has 0 spiro atoms. The van der Waals surface area contributed by atoms with E-state index in [4.69, 9.17) is 29.0 Å². The summed E-state index contributed by atoms with van der Waals surface area (Å²) in [5.41, 5.74) is 3.37. The van der Waals surface area contributed by atoms with Crippen molar-refractivity contribution in [3.8, 4) is 0 Å². The summed E-state index contributed by atoms with van der Waals surface area (Å²) in [7, 11) is 0. The average Bonchev–Trinajstić information content (AvgIpc) is 2.42. The summed E-state index contributed by atoms with van der Waals surface area (Å²) in [6.07, 6.45) is 0.312. The van der Waals surface area contributed by atoms with E-state index in [9.17, 15) is 8.78 Å². The zero-order chi connectivity index (χ0) is 14.7. The van der Waals surface area contributed by atoms with E-state index in [2.05, 4.69) is 5.43 Å². The van der Waals surface area contributed by atoms with Crippen LogP contribution in [0, 0.1) is 11.6 Å². The smallest absolute Gasteiger partial charge is 0.163 e. The summed E-state index contributed by atoms with van der Waals surface area (Å²) < 4.78 is 27.0. The topological polar surface area (TPSA) is 38.0 Å². The van der Waals surface area contributed by atoms with Gasteiger partial charge in [0.05, 0.1) is 6.04 Å². The Morgan fingerprint density at radius 2 is 1.90 bits per heavy atom. The first-order valence-corrected chi connectivity index (χ1v) is 6.62. The molecule has 2 rings (SSSR count). The molecule has 0 heterocycles. The monoisotopic (exact) mass is 316 g/mol. The van der Waals surface area contributed by atoms with Crippen molar-refractivity contribution in [2.45, 2.75) is 12.5 Å². The van der Waals surface area contributed by atoms with Crippen LogP contribution in [-0.4, -0.2) is 0 Å². The largest absolute Gasteiger partial charge is 0.271 e. The minimum atomic E-state index is -0.916. The number of rotatable bonds is 4. The Labute approximate surface area is 125 Å². The van der Waals surface area contributed by atoms with Crippen LogP contribution >= 0.6 is 23.2 Å². The molecule has 0 saturated carbocycles. The van der Waals surface area contributed by atoms with Crippen molar-refractivity contribution in [1.29, 1.82) is 0 Å². The van der Waals surface area contributed by atoms with Gasteiger partial charge >= 0.3 is 0 Å². The highest BCUT2D eigenvalue weighted by atomic mass is 35.5. The van der Waals surface area contributed by atoms with E-state index in [0.717, 1.165) is 11.6 Å². The van der Waals surface area contributed by atoms with Crippen LogP contribution in [0.3, 0.4) is 0 Å². The molecule has 0 fully saturated rings. The molecule has 3 N–H and O–H groups in total. The highest BCUT2D eigenvalue weighted by Crippen LogP contribution is 2.27. The fourth-order valence-corrected chi connectivity index (χ4v) is 2.44. The first kappa shape index (κ1) is 15.2. The lowest BCUT2D eigenvalue weighted by molar-refractivity contribution is 0.464. The predicted molar refractivity (Wildman–Crippen MR) is 76.6 cm³/mol. The third kappa shape index (κ3) is 3.27. The van der Waals surface area contributed by atoms with Gasteiger partial charge in [-0.2, -0.15) is 0 Å². The van der Waals surface area contributed by atoms with Gasteiger partial charge in [0.15, 0.2) is 11.6 Å². The van der Waals surface area contributed by atoms with Gasteiger partial charge < -0.3 is 0 Å². The normalized spacial score (nSPS) is 12.4. The van der Waals surface area contributed by atoms with Crippen molar-refractivity contribution >= 4 is 23.2 Å². The predicted octanol–water partition coefficient (Wildman–Crippen LogP) is 4.02. The quantitative estimate of drug-likeness (QED) is 0.660. The Morgan fingerprint density at radius 3 is 2.55 bits per heavy atom. The lowest BCUT2D eigenvalue weighted by Crippen LogP contribution is -2.30. The molecule has 2 nitrogen and oxygen atoms in total. The lowest BCUT2D eigenvalue weighted by Gasteiger charge is -2.18. The molecule has 0 aliphatic rings. The van der Waals surface area contributed by atoms with Crippen LogP contribution < -0.4 is 11.3 Å². The molecule has 1 atom stereocenters. The van der Waals surface area contributed by atoms with Crippen LogP contribution in [0.4, 0.5) is 8.78 Å². The summed E-state index contributed by atoms with van der Waals surface area (Å²) in [5, 5.41) is 0.961. The van der Waals surface area contributed by atoms with Crippen molar-refractivity contribution in [2.75, 3.05) is 0 Å². The summed E-state index contributed by atoms with van der Waals surface area (Å²) in [5.74, 6) is 3.62. The molecule has 0 bridgehead atoms. The molecule has 0 saturated heterocycles. The van der Waals surface area contributed by atoms with E-state index in [-0.39, 0.29) is 5.56 Å². The Morgan fingerprint density at radius 1 is 1.15 bits per heavy atom. The lowest BCUT2D eigenvalue weighted by atomic mass is 9.99. The van der Waals surface area contributed by atoms with Crippen LogP contribution in [0.2, 0.25) is 10.0 Å². The van der Waals surface area contributed by atoms with E-state index in [1.807, 2.05) is 0 Å². The van der Waals surface area contributed by atoms with Crippen molar-refractivity contribution in [3.63, 3.8) is 0 Å². The van der Waals surface area contributed by atoms with Crippen LogP contribution in [0.1, 0.15) is 17.2 Å². The van der Waals surface area contributed by atoms with Gasteiger partial charge in [-0.25, -0.2) is 8.78 Å². The Hall–Kier alpha value is -1.20. The van der Waals surface area contributed by atoms with Gasteiger partial charge in [-0.1, -0.05) is 41.4 Å². The van der Waals surface area contributed by atoms with E-state index in [1.165, 1.54) is 12.1 Å². The molecule has 106 valence electrons. The summed E-state index contributed by atoms with van der Waals surface area (Å²) in [6, 6.07) is 8.37. The zero-order valence-electron chi connectivity index (χ0n) is 10.3. The number of nitrogens with two attached hydrogens (primary N) is 1. The molecule has 0 amide bonds. The molecular weight excluding hydrogens is 305 g/mol. The molecule has 0 aliphatic heterocycles. The van der Waals surface area contributed by atoms with Crippen LogP contribution in [0.15, 0.2) is 36.4 Å². The van der Waals surface area contributed by atoms with Gasteiger partial charge in [0.1, 0.15) is 0 Å². The van der Waals surface area contributed by atoms with Gasteiger partial charge in [-0.3, -0.25) is 11.3 Å². The van der Waals surface area contributed by atoms with E-state index < -0.39 is 17.7 Å². The number of benzene rings is 2. The highest BCUT2D eigenvalue weighted by molar-refractivity contribution is 6.35. The zero-order valence-corrected chi connectivity index (χ0v) is 11.8. The molecule has 0 aliphatic carbocycles. The highest BCUT2D eigenvalue weighted by Gasteiger charge is 2.18. The Kier molecular flexibility index (Phi) is 4.94. The molecule has 2 aromatic carbocycles. The molecule has 20 heavy (non-hydrogen) atoms. The standard InChI is InChI=1S/C14H12Cl2F2N2/c15-9-5-4-8(11(16)7-9)6-13(20-19)10-2-1-3-12(17)14(10)18/h1-5,7,13,20H,6,19H2. The van der Waals surface area contributed by atoms with Gasteiger partial charge in [0.25, 0.3) is 0 Å². The first-order valence-electron chi connectivity index (χ1n) is 5.87. The minimum Gasteiger partial charge on any atom is -0.271 e. The van der Waals surface area contributed by atoms with Gasteiger partial charge in [0, 0.05) is 15.6 Å². The molecule has 0 radical (unpaired) electrons. The molecule has 0 aromatic heterocycles. The number of hydrogen-bond acceptors (Lipinski definition) is 2. The maximum absolute atomic E-state index is 13.8. The molecule has 1 unspecified atom stereocenters. The number of hydrazine groups is 1. The second-order valence-electron chi connectivity index (χ2n) is 4.30. The fourth-order valence-electron chi connectivity index (χ4n) is 1.96. The second kappa shape index (κ2) is 6.50. The number of halogens is 4. The summed E-state index contributed by atoms with van der Waals surface area (Å²) >= 11 is 11.9. The van der Waals surface area contributed by atoms with Gasteiger partial charge in [0.2, 0.25) is 0 Å². The SMILES string of the molecule is NNC(Cc1ccc(Cl)cc1Cl)c1cccc(F)c1F. The molecular formula is C14H12Cl2F2N2. The Balaban J connectivity index is 2.31. The number of hydrogen-bond donors (Lipinski definition) is 2. The second-order valence-corrected chi connectivity index (χ2v) is 5.15. The van der Waals surface area contributed by atoms with Gasteiger partial charge in [-0.05, 0) is 30.2 Å². The number of nitrogens with one attached hydrogen (secondary N) is 1. The van der Waals surface area contributed by atoms with Crippen LogP contribution in [0.25, 0.3) is 0 Å². The molecule has 2 aromatic rings. The maximum atomic E-state index is 13.8. The van der Waals surface area contributed by atoms with Crippen LogP contribution in [0.5, 0.6) is 0 Å². The summed E-state index contributed by atoms with van der Waals surface area (Å²) in [4.78, 5) is 0. The van der Waals surface area contributed by atoms with Gasteiger partial charge in [-0.15, -0.1) is 0 Å². The minimum absolute atomic E-state index is 0.151. The van der Waals surface area contributed by atoms with E-state index in [0.29, 0.717) is 16.5 Å². The van der Waals surface area contributed by atoms with E-state index >= 15 is 0 Å². The molecule has 6 heteroatoms. The van der Waals surface area contributed by atoms with Crippen LogP contribution in [-0.2, 0) is 6.42 Å². The Bertz CT molecular complexity index is 620.